The molecule has 0 aliphatic rings. The Kier molecular flexibility index (Phi) is 4.65. The maximum Gasteiger partial charge on any atom is 0.261 e. The molecule has 0 aliphatic heterocycles. The molecule has 0 saturated carbocycles. The van der Waals surface area contributed by atoms with Crippen LogP contribution in [0.15, 0.2) is 51.8 Å². The number of rotatable bonds is 4. The molecule has 4 nitrogen and oxygen atoms in total. The van der Waals surface area contributed by atoms with Gasteiger partial charge in [-0.2, -0.15) is 0 Å². The van der Waals surface area contributed by atoms with Crippen molar-refractivity contribution in [3.63, 3.8) is 0 Å². The second kappa shape index (κ2) is 6.13. The maximum absolute atomic E-state index is 13.7. The van der Waals surface area contributed by atoms with Gasteiger partial charge >= 0.3 is 0 Å². The lowest BCUT2D eigenvalue weighted by Crippen LogP contribution is -2.14. The first-order chi connectivity index (χ1) is 9.79. The molecule has 0 fully saturated rings. The highest BCUT2D eigenvalue weighted by Gasteiger charge is 2.16. The molecule has 0 amide bonds. The van der Waals surface area contributed by atoms with Crippen LogP contribution in [0.4, 0.5) is 10.1 Å². The highest BCUT2D eigenvalue weighted by molar-refractivity contribution is 9.10. The molecule has 21 heavy (non-hydrogen) atoms. The van der Waals surface area contributed by atoms with Crippen LogP contribution in [-0.4, -0.2) is 8.42 Å². The minimum Gasteiger partial charge on any atom is -0.324 e. The van der Waals surface area contributed by atoms with Gasteiger partial charge in [0, 0.05) is 10.5 Å². The Morgan fingerprint density at radius 3 is 2.33 bits per heavy atom. The predicted octanol–water partition coefficient (Wildman–Crippen LogP) is 3.41. The zero-order valence-electron chi connectivity index (χ0n) is 11.2. The van der Waals surface area contributed by atoms with Crippen LogP contribution in [0.5, 0.6) is 0 Å². The second-order valence-electron chi connectivity index (χ2n) is 4.59. The van der Waals surface area contributed by atoms with Crippen molar-refractivity contribution in [3.8, 4) is 0 Å². The molecule has 7 heteroatoms. The van der Waals surface area contributed by atoms with Crippen LogP contribution in [-0.2, 0) is 10.0 Å². The highest BCUT2D eigenvalue weighted by atomic mass is 79.9. The molecule has 0 heterocycles. The third-order valence-corrected chi connectivity index (χ3v) is 4.77. The average Bonchev–Trinajstić information content (AvgIpc) is 2.42. The maximum atomic E-state index is 13.7. The number of hydrogen-bond acceptors (Lipinski definition) is 3. The molecule has 2 aromatic carbocycles. The van der Waals surface area contributed by atoms with Gasteiger partial charge in [-0.1, -0.05) is 28.1 Å². The molecular formula is C14H14BrFN2O2S. The van der Waals surface area contributed by atoms with Gasteiger partial charge in [0.05, 0.1) is 10.6 Å². The summed E-state index contributed by atoms with van der Waals surface area (Å²) >= 11 is 3.11. The van der Waals surface area contributed by atoms with Crippen molar-refractivity contribution < 1.29 is 12.8 Å². The lowest BCUT2D eigenvalue weighted by Gasteiger charge is -2.11. The van der Waals surface area contributed by atoms with E-state index in [9.17, 15) is 12.8 Å². The van der Waals surface area contributed by atoms with Crippen LogP contribution in [0, 0.1) is 5.82 Å². The van der Waals surface area contributed by atoms with Gasteiger partial charge in [-0.3, -0.25) is 4.72 Å². The van der Waals surface area contributed by atoms with Crippen molar-refractivity contribution in [1.29, 1.82) is 0 Å². The van der Waals surface area contributed by atoms with E-state index in [0.29, 0.717) is 4.47 Å². The number of nitrogens with two attached hydrogens (primary N) is 1. The molecule has 0 radical (unpaired) electrons. The van der Waals surface area contributed by atoms with Gasteiger partial charge in [-0.25, -0.2) is 12.8 Å². The molecule has 0 aromatic heterocycles. The molecule has 2 rings (SSSR count). The van der Waals surface area contributed by atoms with E-state index in [1.807, 2.05) is 0 Å². The van der Waals surface area contributed by atoms with E-state index in [-0.39, 0.29) is 16.6 Å². The predicted molar refractivity (Wildman–Crippen MR) is 84.0 cm³/mol. The standard InChI is InChI=1S/C14H14BrFN2O2S/c1-9(17)10-2-5-12(6-3-10)21(19,20)18-14-7-4-11(15)8-13(14)16/h2-9,18H,17H2,1H3. The summed E-state index contributed by atoms with van der Waals surface area (Å²) in [4.78, 5) is 0.0502. The molecule has 0 spiro atoms. The number of nitrogens with one attached hydrogen (secondary N) is 1. The van der Waals surface area contributed by atoms with Gasteiger partial charge in [-0.05, 0) is 42.8 Å². The van der Waals surface area contributed by atoms with Crippen LogP contribution in [0.25, 0.3) is 0 Å². The van der Waals surface area contributed by atoms with Crippen LogP contribution < -0.4 is 10.5 Å². The largest absolute Gasteiger partial charge is 0.324 e. The van der Waals surface area contributed by atoms with Crippen LogP contribution in [0.2, 0.25) is 0 Å². The van der Waals surface area contributed by atoms with Gasteiger partial charge in [0.15, 0.2) is 0 Å². The van der Waals surface area contributed by atoms with Gasteiger partial charge in [0.1, 0.15) is 5.82 Å². The summed E-state index contributed by atoms with van der Waals surface area (Å²) in [6.45, 7) is 1.80. The lowest BCUT2D eigenvalue weighted by molar-refractivity contribution is 0.598. The van der Waals surface area contributed by atoms with E-state index in [0.717, 1.165) is 5.56 Å². The third kappa shape index (κ3) is 3.81. The van der Waals surface area contributed by atoms with E-state index in [2.05, 4.69) is 20.7 Å². The first kappa shape index (κ1) is 15.9. The van der Waals surface area contributed by atoms with Crippen molar-refractivity contribution in [2.45, 2.75) is 17.9 Å². The summed E-state index contributed by atoms with van der Waals surface area (Å²) in [5, 5.41) is 0. The molecule has 0 saturated heterocycles. The summed E-state index contributed by atoms with van der Waals surface area (Å²) in [7, 11) is -3.84. The summed E-state index contributed by atoms with van der Waals surface area (Å²) in [6.07, 6.45) is 0. The van der Waals surface area contributed by atoms with E-state index in [1.54, 1.807) is 25.1 Å². The van der Waals surface area contributed by atoms with E-state index >= 15 is 0 Å². The average molecular weight is 373 g/mol. The van der Waals surface area contributed by atoms with Gasteiger partial charge in [0.25, 0.3) is 10.0 Å². The fraction of sp³-hybridized carbons (Fsp3) is 0.143. The fourth-order valence-corrected chi connectivity index (χ4v) is 3.13. The smallest absolute Gasteiger partial charge is 0.261 e. The zero-order chi connectivity index (χ0) is 15.6. The first-order valence-electron chi connectivity index (χ1n) is 6.13. The number of hydrogen-bond donors (Lipinski definition) is 2. The SMILES string of the molecule is CC(N)c1ccc(S(=O)(=O)Nc2ccc(Br)cc2F)cc1. The van der Waals surface area contributed by atoms with Crippen LogP contribution in [0.1, 0.15) is 18.5 Å². The van der Waals surface area contributed by atoms with Gasteiger partial charge in [0.2, 0.25) is 0 Å². The van der Waals surface area contributed by atoms with Crippen molar-refractivity contribution in [2.75, 3.05) is 4.72 Å². The van der Waals surface area contributed by atoms with Crippen molar-refractivity contribution >= 4 is 31.6 Å². The minimum absolute atomic E-state index is 0.0502. The molecule has 112 valence electrons. The molecule has 3 N–H and O–H groups in total. The number of halogens is 2. The Bertz CT molecular complexity index is 746. The Hall–Kier alpha value is -1.44. The molecule has 2 aromatic rings. The Morgan fingerprint density at radius 2 is 1.81 bits per heavy atom. The Balaban J connectivity index is 2.29. The normalized spacial score (nSPS) is 13.0. The highest BCUT2D eigenvalue weighted by Crippen LogP contribution is 2.23. The summed E-state index contributed by atoms with van der Waals surface area (Å²) in [6, 6.07) is 10.1. The van der Waals surface area contributed by atoms with E-state index < -0.39 is 15.8 Å². The summed E-state index contributed by atoms with van der Waals surface area (Å²) in [5.41, 5.74) is 6.43. The van der Waals surface area contributed by atoms with Crippen LogP contribution >= 0.6 is 15.9 Å². The number of anilines is 1. The molecule has 0 aliphatic carbocycles. The summed E-state index contributed by atoms with van der Waals surface area (Å²) < 4.78 is 40.8. The van der Waals surface area contributed by atoms with Gasteiger partial charge in [-0.15, -0.1) is 0 Å². The third-order valence-electron chi connectivity index (χ3n) is 2.89. The Morgan fingerprint density at radius 1 is 1.19 bits per heavy atom. The van der Waals surface area contributed by atoms with Crippen LogP contribution in [0.3, 0.4) is 0 Å². The quantitative estimate of drug-likeness (QED) is 0.863. The summed E-state index contributed by atoms with van der Waals surface area (Å²) in [5.74, 6) is -0.653. The van der Waals surface area contributed by atoms with E-state index in [1.165, 1.54) is 24.3 Å². The topological polar surface area (TPSA) is 72.2 Å². The van der Waals surface area contributed by atoms with Gasteiger partial charge < -0.3 is 5.73 Å². The number of sulfonamides is 1. The fourth-order valence-electron chi connectivity index (χ4n) is 1.73. The molecule has 1 atom stereocenters. The van der Waals surface area contributed by atoms with Crippen molar-refractivity contribution in [3.05, 3.63) is 58.3 Å². The zero-order valence-corrected chi connectivity index (χ0v) is 13.6. The molecular weight excluding hydrogens is 359 g/mol. The Labute approximate surface area is 131 Å². The molecule has 0 bridgehead atoms. The minimum atomic E-state index is -3.84. The number of benzene rings is 2. The lowest BCUT2D eigenvalue weighted by atomic mass is 10.1. The second-order valence-corrected chi connectivity index (χ2v) is 7.19. The van der Waals surface area contributed by atoms with Crippen molar-refractivity contribution in [1.82, 2.24) is 0 Å². The molecule has 1 unspecified atom stereocenters. The van der Waals surface area contributed by atoms with Crippen molar-refractivity contribution in [2.24, 2.45) is 5.73 Å². The first-order valence-corrected chi connectivity index (χ1v) is 8.40. The van der Waals surface area contributed by atoms with E-state index in [4.69, 9.17) is 5.73 Å². The monoisotopic (exact) mass is 372 g/mol.